The summed E-state index contributed by atoms with van der Waals surface area (Å²) in [6.07, 6.45) is 1.64. The number of carboxylic acid groups (broad SMARTS) is 1. The fourth-order valence-corrected chi connectivity index (χ4v) is 5.63. The molecule has 214 valence electrons. The van der Waals surface area contributed by atoms with Crippen molar-refractivity contribution in [3.05, 3.63) is 71.8 Å². The lowest BCUT2D eigenvalue weighted by atomic mass is 9.71. The Balaban J connectivity index is 1.50. The molecule has 2 aromatic carbocycles. The third-order valence-electron chi connectivity index (χ3n) is 7.74. The fraction of sp³-hybridized carbons (Fsp3) is 0.484. The van der Waals surface area contributed by atoms with E-state index >= 15 is 0 Å². The lowest BCUT2D eigenvalue weighted by Gasteiger charge is -2.42. The Morgan fingerprint density at radius 1 is 0.975 bits per heavy atom. The van der Waals surface area contributed by atoms with E-state index in [4.69, 9.17) is 4.74 Å². The highest BCUT2D eigenvalue weighted by Gasteiger charge is 2.47. The van der Waals surface area contributed by atoms with Crippen LogP contribution in [0.15, 0.2) is 60.7 Å². The number of aliphatic carboxylic acids is 1. The first-order chi connectivity index (χ1) is 19.0. The molecule has 0 aliphatic carbocycles. The van der Waals surface area contributed by atoms with Gasteiger partial charge in [0.1, 0.15) is 17.7 Å². The van der Waals surface area contributed by atoms with Crippen LogP contribution in [0.3, 0.4) is 0 Å². The Kier molecular flexibility index (Phi) is 8.81. The van der Waals surface area contributed by atoms with Crippen molar-refractivity contribution in [1.29, 1.82) is 0 Å². The number of likely N-dealkylation sites (tertiary alicyclic amines) is 2. The van der Waals surface area contributed by atoms with Gasteiger partial charge in [-0.1, -0.05) is 60.7 Å². The van der Waals surface area contributed by atoms with Crippen LogP contribution in [0.25, 0.3) is 0 Å². The van der Waals surface area contributed by atoms with Crippen molar-refractivity contribution in [3.63, 3.8) is 0 Å². The zero-order valence-electron chi connectivity index (χ0n) is 23.5. The highest BCUT2D eigenvalue weighted by atomic mass is 16.6. The maximum absolute atomic E-state index is 13.9. The summed E-state index contributed by atoms with van der Waals surface area (Å²) >= 11 is 0. The van der Waals surface area contributed by atoms with Gasteiger partial charge < -0.3 is 20.1 Å². The molecular weight excluding hydrogens is 510 g/mol. The van der Waals surface area contributed by atoms with Gasteiger partial charge in [0.2, 0.25) is 11.8 Å². The largest absolute Gasteiger partial charge is 0.480 e. The molecule has 0 saturated carbocycles. The molecule has 2 aliphatic rings. The molecule has 4 rings (SSSR count). The molecule has 9 nitrogen and oxygen atoms in total. The molecule has 0 aromatic heterocycles. The second-order valence-corrected chi connectivity index (χ2v) is 11.7. The zero-order chi connectivity index (χ0) is 28.9. The van der Waals surface area contributed by atoms with Crippen LogP contribution in [-0.4, -0.2) is 76.1 Å². The summed E-state index contributed by atoms with van der Waals surface area (Å²) in [5.41, 5.74) is -0.0339. The van der Waals surface area contributed by atoms with Gasteiger partial charge in [0.25, 0.3) is 0 Å². The van der Waals surface area contributed by atoms with Gasteiger partial charge in [0.15, 0.2) is 0 Å². The number of nitrogens with one attached hydrogen (secondary N) is 1. The van der Waals surface area contributed by atoms with Crippen LogP contribution in [0.2, 0.25) is 0 Å². The Hall–Kier alpha value is -3.88. The Morgan fingerprint density at radius 3 is 2.15 bits per heavy atom. The van der Waals surface area contributed by atoms with Crippen molar-refractivity contribution in [3.8, 4) is 0 Å². The first-order valence-electron chi connectivity index (χ1n) is 13.9. The van der Waals surface area contributed by atoms with E-state index in [1.807, 2.05) is 60.7 Å². The van der Waals surface area contributed by atoms with Gasteiger partial charge in [0, 0.05) is 26.1 Å². The van der Waals surface area contributed by atoms with E-state index in [1.165, 1.54) is 4.90 Å². The third-order valence-corrected chi connectivity index (χ3v) is 7.74. The number of carboxylic acids is 1. The van der Waals surface area contributed by atoms with Crippen LogP contribution in [0.1, 0.15) is 57.6 Å². The first kappa shape index (κ1) is 29.1. The summed E-state index contributed by atoms with van der Waals surface area (Å²) in [6, 6.07) is 16.9. The number of hydrogen-bond donors (Lipinski definition) is 2. The van der Waals surface area contributed by atoms with Crippen molar-refractivity contribution < 1.29 is 29.0 Å². The Labute approximate surface area is 235 Å². The molecule has 2 saturated heterocycles. The summed E-state index contributed by atoms with van der Waals surface area (Å²) in [7, 11) is 0. The molecule has 3 amide bonds. The van der Waals surface area contributed by atoms with E-state index in [9.17, 15) is 24.3 Å². The van der Waals surface area contributed by atoms with Gasteiger partial charge in [-0.3, -0.25) is 14.5 Å². The zero-order valence-corrected chi connectivity index (χ0v) is 23.5. The lowest BCUT2D eigenvalue weighted by Crippen LogP contribution is -2.58. The van der Waals surface area contributed by atoms with Crippen LogP contribution in [-0.2, 0) is 31.0 Å². The molecular formula is C31H39N3O6. The fourth-order valence-electron chi connectivity index (χ4n) is 5.63. The summed E-state index contributed by atoms with van der Waals surface area (Å²) < 4.78 is 5.53. The number of nitrogens with zero attached hydrogens (tertiary/aromatic N) is 2. The average Bonchev–Trinajstić information content (AvgIpc) is 3.43. The van der Waals surface area contributed by atoms with E-state index in [1.54, 1.807) is 25.7 Å². The van der Waals surface area contributed by atoms with E-state index in [2.05, 4.69) is 5.32 Å². The molecule has 2 fully saturated rings. The molecule has 2 heterocycles. The first-order valence-corrected chi connectivity index (χ1v) is 13.9. The molecule has 2 aliphatic heterocycles. The monoisotopic (exact) mass is 549 g/mol. The molecule has 0 bridgehead atoms. The van der Waals surface area contributed by atoms with E-state index in [0.717, 1.165) is 17.5 Å². The predicted molar refractivity (Wildman–Crippen MR) is 150 cm³/mol. The van der Waals surface area contributed by atoms with Gasteiger partial charge >= 0.3 is 12.1 Å². The number of rotatable bonds is 7. The number of carbonyl (C=O) groups is 4. The molecule has 0 radical (unpaired) electrons. The average molecular weight is 550 g/mol. The lowest BCUT2D eigenvalue weighted by molar-refractivity contribution is -0.144. The Bertz CT molecular complexity index is 1200. The van der Waals surface area contributed by atoms with Gasteiger partial charge in [-0.15, -0.1) is 0 Å². The SMILES string of the molecule is CC(C)(C)OC(=O)N1CCCC1C(=O)N1CCC(C(=O)NC(Cc2ccccc2)C(=O)O)(c2ccccc2)CC1. The minimum absolute atomic E-state index is 0.141. The summed E-state index contributed by atoms with van der Waals surface area (Å²) in [4.78, 5) is 55.6. The maximum Gasteiger partial charge on any atom is 0.410 e. The van der Waals surface area contributed by atoms with Crippen molar-refractivity contribution in [2.24, 2.45) is 0 Å². The number of benzene rings is 2. The molecule has 40 heavy (non-hydrogen) atoms. The molecule has 2 N–H and O–H groups in total. The normalized spacial score (nSPS) is 19.5. The van der Waals surface area contributed by atoms with Gasteiger partial charge in [0.05, 0.1) is 5.41 Å². The molecule has 2 aromatic rings. The maximum atomic E-state index is 13.9. The van der Waals surface area contributed by atoms with Gasteiger partial charge in [-0.05, 0) is 57.6 Å². The van der Waals surface area contributed by atoms with Crippen LogP contribution >= 0.6 is 0 Å². The number of piperidine rings is 1. The van der Waals surface area contributed by atoms with Crippen molar-refractivity contribution in [2.45, 2.75) is 76.0 Å². The highest BCUT2D eigenvalue weighted by Crippen LogP contribution is 2.37. The third kappa shape index (κ3) is 6.63. The smallest absolute Gasteiger partial charge is 0.410 e. The van der Waals surface area contributed by atoms with Crippen molar-refractivity contribution in [2.75, 3.05) is 19.6 Å². The van der Waals surface area contributed by atoms with E-state index in [-0.39, 0.29) is 18.2 Å². The van der Waals surface area contributed by atoms with Crippen molar-refractivity contribution in [1.82, 2.24) is 15.1 Å². The van der Waals surface area contributed by atoms with Crippen LogP contribution < -0.4 is 5.32 Å². The molecule has 2 unspecified atom stereocenters. The topological polar surface area (TPSA) is 116 Å². The summed E-state index contributed by atoms with van der Waals surface area (Å²) in [5, 5.41) is 12.7. The molecule has 0 spiro atoms. The number of carbonyl (C=O) groups excluding carboxylic acids is 3. The summed E-state index contributed by atoms with van der Waals surface area (Å²) in [5.74, 6) is -1.60. The van der Waals surface area contributed by atoms with E-state index < -0.39 is 35.2 Å². The van der Waals surface area contributed by atoms with Crippen LogP contribution in [0.5, 0.6) is 0 Å². The van der Waals surface area contributed by atoms with Crippen LogP contribution in [0, 0.1) is 0 Å². The van der Waals surface area contributed by atoms with Gasteiger partial charge in [-0.2, -0.15) is 0 Å². The summed E-state index contributed by atoms with van der Waals surface area (Å²) in [6.45, 7) is 6.49. The predicted octanol–water partition coefficient (Wildman–Crippen LogP) is 3.76. The standard InChI is InChI=1S/C31H39N3O6/c1-30(2,3)40-29(39)34-18-10-15-25(34)26(35)33-19-16-31(17-20-33,23-13-8-5-9-14-23)28(38)32-24(27(36)37)21-22-11-6-4-7-12-22/h4-9,11-14,24-25H,10,15-21H2,1-3H3,(H,32,38)(H,36,37). The van der Waals surface area contributed by atoms with Gasteiger partial charge in [-0.25, -0.2) is 9.59 Å². The molecule has 9 heteroatoms. The quantitative estimate of drug-likeness (QED) is 0.543. The number of amides is 3. The number of hydrogen-bond acceptors (Lipinski definition) is 5. The van der Waals surface area contributed by atoms with E-state index in [0.29, 0.717) is 38.9 Å². The second kappa shape index (κ2) is 12.1. The minimum Gasteiger partial charge on any atom is -0.480 e. The van der Waals surface area contributed by atoms with Crippen molar-refractivity contribution >= 4 is 23.9 Å². The Morgan fingerprint density at radius 2 is 1.57 bits per heavy atom. The minimum atomic E-state index is -1.10. The highest BCUT2D eigenvalue weighted by molar-refractivity contribution is 5.92. The van der Waals surface area contributed by atoms with Crippen LogP contribution in [0.4, 0.5) is 4.79 Å². The number of ether oxygens (including phenoxy) is 1. The molecule has 2 atom stereocenters. The second-order valence-electron chi connectivity index (χ2n) is 11.7.